The number of nitro benzene ring substituents is 1. The second-order valence-electron chi connectivity index (χ2n) is 3.47. The molecule has 0 atom stereocenters. The van der Waals surface area contributed by atoms with Gasteiger partial charge in [0.15, 0.2) is 0 Å². The molecule has 0 amide bonds. The molecule has 0 radical (unpaired) electrons. The highest BCUT2D eigenvalue weighted by molar-refractivity contribution is 6.28. The van der Waals surface area contributed by atoms with E-state index in [2.05, 4.69) is 9.97 Å². The zero-order valence-corrected chi connectivity index (χ0v) is 10.1. The second-order valence-corrected chi connectivity index (χ2v) is 3.81. The van der Waals surface area contributed by atoms with Crippen LogP contribution in [-0.2, 0) is 0 Å². The molecule has 7 heteroatoms. The third-order valence-electron chi connectivity index (χ3n) is 2.20. The first-order chi connectivity index (χ1) is 8.56. The Morgan fingerprint density at radius 1 is 1.39 bits per heavy atom. The number of aryl methyl sites for hydroxylation is 1. The lowest BCUT2D eigenvalue weighted by Gasteiger charge is -2.07. The third-order valence-corrected chi connectivity index (χ3v) is 2.38. The van der Waals surface area contributed by atoms with Crippen molar-refractivity contribution in [2.24, 2.45) is 0 Å². The SMILES string of the molecule is Cc1ccc([N+](=O)[O-])cc1Oc1ccnc(Cl)n1. The van der Waals surface area contributed by atoms with Gasteiger partial charge in [-0.1, -0.05) is 0 Å². The maximum absolute atomic E-state index is 10.7. The van der Waals surface area contributed by atoms with Gasteiger partial charge in [0, 0.05) is 18.3 Å². The van der Waals surface area contributed by atoms with Crippen LogP contribution in [0.2, 0.25) is 5.28 Å². The Labute approximate surface area is 107 Å². The van der Waals surface area contributed by atoms with E-state index < -0.39 is 4.92 Å². The summed E-state index contributed by atoms with van der Waals surface area (Å²) in [5.41, 5.74) is 0.714. The van der Waals surface area contributed by atoms with Crippen LogP contribution in [0.25, 0.3) is 0 Å². The van der Waals surface area contributed by atoms with Crippen LogP contribution in [-0.4, -0.2) is 14.9 Å². The van der Waals surface area contributed by atoms with Crippen LogP contribution in [0, 0.1) is 17.0 Å². The zero-order chi connectivity index (χ0) is 13.1. The molecule has 92 valence electrons. The monoisotopic (exact) mass is 265 g/mol. The van der Waals surface area contributed by atoms with E-state index in [1.807, 2.05) is 0 Å². The predicted molar refractivity (Wildman–Crippen MR) is 64.9 cm³/mol. The molecule has 0 spiro atoms. The minimum atomic E-state index is -0.487. The van der Waals surface area contributed by atoms with Gasteiger partial charge in [0.05, 0.1) is 11.0 Å². The molecule has 0 saturated carbocycles. The molecule has 18 heavy (non-hydrogen) atoms. The van der Waals surface area contributed by atoms with E-state index in [4.69, 9.17) is 16.3 Å². The van der Waals surface area contributed by atoms with Crippen LogP contribution in [0.5, 0.6) is 11.6 Å². The quantitative estimate of drug-likeness (QED) is 0.484. The second kappa shape index (κ2) is 4.97. The van der Waals surface area contributed by atoms with Crippen molar-refractivity contribution >= 4 is 17.3 Å². The minimum absolute atomic E-state index is 0.0456. The largest absolute Gasteiger partial charge is 0.438 e. The van der Waals surface area contributed by atoms with Crippen molar-refractivity contribution in [3.63, 3.8) is 0 Å². The van der Waals surface area contributed by atoms with E-state index in [1.54, 1.807) is 13.0 Å². The number of nitrogens with zero attached hydrogens (tertiary/aromatic N) is 3. The molecule has 0 aliphatic rings. The van der Waals surface area contributed by atoms with Crippen LogP contribution in [0.1, 0.15) is 5.56 Å². The van der Waals surface area contributed by atoms with Gasteiger partial charge in [0.1, 0.15) is 5.75 Å². The van der Waals surface area contributed by atoms with Crippen molar-refractivity contribution in [1.29, 1.82) is 0 Å². The molecule has 0 aliphatic carbocycles. The summed E-state index contributed by atoms with van der Waals surface area (Å²) in [5, 5.41) is 10.7. The summed E-state index contributed by atoms with van der Waals surface area (Å²) in [7, 11) is 0. The molecule has 2 rings (SSSR count). The molecule has 0 fully saturated rings. The van der Waals surface area contributed by atoms with Gasteiger partial charge in [-0.2, -0.15) is 4.98 Å². The van der Waals surface area contributed by atoms with Gasteiger partial charge in [-0.15, -0.1) is 0 Å². The highest BCUT2D eigenvalue weighted by Crippen LogP contribution is 2.28. The summed E-state index contributed by atoms with van der Waals surface area (Å²) in [4.78, 5) is 17.7. The van der Waals surface area contributed by atoms with Gasteiger partial charge in [-0.05, 0) is 30.2 Å². The summed E-state index contributed by atoms with van der Waals surface area (Å²) >= 11 is 5.62. The lowest BCUT2D eigenvalue weighted by molar-refractivity contribution is -0.384. The van der Waals surface area contributed by atoms with Crippen LogP contribution in [0.3, 0.4) is 0 Å². The molecular formula is C11H8ClN3O3. The Morgan fingerprint density at radius 3 is 2.83 bits per heavy atom. The van der Waals surface area contributed by atoms with Gasteiger partial charge in [-0.3, -0.25) is 10.1 Å². The van der Waals surface area contributed by atoms with Crippen molar-refractivity contribution in [1.82, 2.24) is 9.97 Å². The summed E-state index contributed by atoms with van der Waals surface area (Å²) in [6, 6.07) is 5.88. The first-order valence-corrected chi connectivity index (χ1v) is 5.35. The van der Waals surface area contributed by atoms with E-state index in [9.17, 15) is 10.1 Å². The van der Waals surface area contributed by atoms with Crippen molar-refractivity contribution in [3.05, 3.63) is 51.4 Å². The number of hydrogen-bond acceptors (Lipinski definition) is 5. The van der Waals surface area contributed by atoms with Gasteiger partial charge in [0.2, 0.25) is 11.2 Å². The maximum Gasteiger partial charge on any atom is 0.273 e. The van der Waals surface area contributed by atoms with Gasteiger partial charge >= 0.3 is 0 Å². The van der Waals surface area contributed by atoms with Crippen molar-refractivity contribution in [3.8, 4) is 11.6 Å². The molecule has 1 heterocycles. The van der Waals surface area contributed by atoms with Gasteiger partial charge in [-0.25, -0.2) is 4.98 Å². The molecule has 0 aliphatic heterocycles. The molecule has 0 saturated heterocycles. The summed E-state index contributed by atoms with van der Waals surface area (Å²) in [6.45, 7) is 1.78. The summed E-state index contributed by atoms with van der Waals surface area (Å²) < 4.78 is 5.44. The van der Waals surface area contributed by atoms with E-state index >= 15 is 0 Å². The molecule has 0 bridgehead atoms. The van der Waals surface area contributed by atoms with Crippen LogP contribution in [0.15, 0.2) is 30.5 Å². The Kier molecular flexibility index (Phi) is 3.38. The van der Waals surface area contributed by atoms with E-state index in [0.29, 0.717) is 5.75 Å². The number of halogens is 1. The Balaban J connectivity index is 2.33. The molecule has 1 aromatic heterocycles. The zero-order valence-electron chi connectivity index (χ0n) is 9.33. The van der Waals surface area contributed by atoms with Crippen LogP contribution >= 0.6 is 11.6 Å². The highest BCUT2D eigenvalue weighted by Gasteiger charge is 2.11. The maximum atomic E-state index is 10.7. The lowest BCUT2D eigenvalue weighted by Crippen LogP contribution is -1.94. The third kappa shape index (κ3) is 2.72. The van der Waals surface area contributed by atoms with Crippen molar-refractivity contribution in [2.75, 3.05) is 0 Å². The van der Waals surface area contributed by atoms with Gasteiger partial charge < -0.3 is 4.74 Å². The smallest absolute Gasteiger partial charge is 0.273 e. The van der Waals surface area contributed by atoms with Crippen LogP contribution in [0.4, 0.5) is 5.69 Å². The first-order valence-electron chi connectivity index (χ1n) is 4.98. The van der Waals surface area contributed by atoms with E-state index in [-0.39, 0.29) is 16.9 Å². The number of non-ortho nitro benzene ring substituents is 1. The molecular weight excluding hydrogens is 258 g/mol. The number of benzene rings is 1. The van der Waals surface area contributed by atoms with Gasteiger partial charge in [0.25, 0.3) is 5.69 Å². The number of nitro groups is 1. The van der Waals surface area contributed by atoms with E-state index in [1.165, 1.54) is 24.4 Å². The Bertz CT molecular complexity index is 604. The molecule has 0 unspecified atom stereocenters. The number of aromatic nitrogens is 2. The fourth-order valence-corrected chi connectivity index (χ4v) is 1.44. The fourth-order valence-electron chi connectivity index (χ4n) is 1.30. The standard InChI is InChI=1S/C11H8ClN3O3/c1-7-2-3-8(15(16)17)6-9(7)18-10-4-5-13-11(12)14-10/h2-6H,1H3. The summed E-state index contributed by atoms with van der Waals surface area (Å²) in [5.74, 6) is 0.595. The van der Waals surface area contributed by atoms with Crippen molar-refractivity contribution in [2.45, 2.75) is 6.92 Å². The average molecular weight is 266 g/mol. The van der Waals surface area contributed by atoms with Crippen molar-refractivity contribution < 1.29 is 9.66 Å². The number of hydrogen-bond donors (Lipinski definition) is 0. The van der Waals surface area contributed by atoms with Crippen LogP contribution < -0.4 is 4.74 Å². The number of rotatable bonds is 3. The Hall–Kier alpha value is -2.21. The molecule has 1 aromatic carbocycles. The lowest BCUT2D eigenvalue weighted by atomic mass is 10.2. The average Bonchev–Trinajstić information content (AvgIpc) is 2.31. The fraction of sp³-hybridized carbons (Fsp3) is 0.0909. The molecule has 6 nitrogen and oxygen atoms in total. The highest BCUT2D eigenvalue weighted by atomic mass is 35.5. The predicted octanol–water partition coefficient (Wildman–Crippen LogP) is 3.14. The Morgan fingerprint density at radius 2 is 2.17 bits per heavy atom. The van der Waals surface area contributed by atoms with E-state index in [0.717, 1.165) is 5.56 Å². The summed E-state index contributed by atoms with van der Waals surface area (Å²) in [6.07, 6.45) is 1.44. The minimum Gasteiger partial charge on any atom is -0.438 e. The topological polar surface area (TPSA) is 78.2 Å². The number of ether oxygens (including phenoxy) is 1. The normalized spacial score (nSPS) is 10.1. The first kappa shape index (κ1) is 12.3. The molecule has 0 N–H and O–H groups in total. The molecule has 2 aromatic rings.